The molecule has 0 aromatic heterocycles. The van der Waals surface area contributed by atoms with Gasteiger partial charge in [0.25, 0.3) is 0 Å². The molecule has 0 amide bonds. The lowest BCUT2D eigenvalue weighted by molar-refractivity contribution is 0.0495. The average Bonchev–Trinajstić information content (AvgIpc) is 2.22. The molecular weight excluding hydrogens is 215 g/mol. The lowest BCUT2D eigenvalue weighted by Gasteiger charge is -2.05. The standard InChI is InChI=1S/C11H13FO2S/c1-2-3-6-14-11(13)9-7-8(12)4-5-10(9)15/h4-5,7,15H,2-3,6H2,1H3. The van der Waals surface area contributed by atoms with Crippen molar-refractivity contribution in [3.63, 3.8) is 0 Å². The van der Waals surface area contributed by atoms with Gasteiger partial charge in [0.15, 0.2) is 0 Å². The van der Waals surface area contributed by atoms with Crippen LogP contribution in [0.3, 0.4) is 0 Å². The molecule has 0 radical (unpaired) electrons. The van der Waals surface area contributed by atoms with Gasteiger partial charge in [-0.2, -0.15) is 0 Å². The van der Waals surface area contributed by atoms with E-state index in [2.05, 4.69) is 12.6 Å². The van der Waals surface area contributed by atoms with E-state index < -0.39 is 11.8 Å². The number of benzene rings is 1. The zero-order valence-electron chi connectivity index (χ0n) is 8.50. The van der Waals surface area contributed by atoms with Crippen LogP contribution in [-0.4, -0.2) is 12.6 Å². The summed E-state index contributed by atoms with van der Waals surface area (Å²) in [7, 11) is 0. The number of ether oxygens (including phenoxy) is 1. The van der Waals surface area contributed by atoms with Crippen LogP contribution < -0.4 is 0 Å². The van der Waals surface area contributed by atoms with Gasteiger partial charge in [-0.15, -0.1) is 12.6 Å². The fourth-order valence-electron chi connectivity index (χ4n) is 1.06. The van der Waals surface area contributed by atoms with Crippen LogP contribution in [-0.2, 0) is 4.74 Å². The molecule has 2 nitrogen and oxygen atoms in total. The second kappa shape index (κ2) is 5.75. The van der Waals surface area contributed by atoms with Gasteiger partial charge in [0.1, 0.15) is 5.82 Å². The van der Waals surface area contributed by atoms with E-state index in [9.17, 15) is 9.18 Å². The smallest absolute Gasteiger partial charge is 0.339 e. The summed E-state index contributed by atoms with van der Waals surface area (Å²) in [5, 5.41) is 0. The summed E-state index contributed by atoms with van der Waals surface area (Å²) < 4.78 is 17.8. The summed E-state index contributed by atoms with van der Waals surface area (Å²) in [6, 6.07) is 3.83. The molecule has 0 unspecified atom stereocenters. The second-order valence-electron chi connectivity index (χ2n) is 3.15. The molecule has 0 aliphatic rings. The number of hydrogen-bond acceptors (Lipinski definition) is 3. The van der Waals surface area contributed by atoms with E-state index in [0.717, 1.165) is 18.9 Å². The van der Waals surface area contributed by atoms with Crippen molar-refractivity contribution in [3.8, 4) is 0 Å². The van der Waals surface area contributed by atoms with Gasteiger partial charge in [-0.05, 0) is 24.6 Å². The molecule has 0 saturated heterocycles. The second-order valence-corrected chi connectivity index (χ2v) is 3.63. The third-order valence-corrected chi connectivity index (χ3v) is 2.30. The van der Waals surface area contributed by atoms with Crippen LogP contribution >= 0.6 is 12.6 Å². The molecule has 0 spiro atoms. The van der Waals surface area contributed by atoms with Crippen molar-refractivity contribution in [3.05, 3.63) is 29.6 Å². The summed E-state index contributed by atoms with van der Waals surface area (Å²) in [5.41, 5.74) is 0.175. The quantitative estimate of drug-likeness (QED) is 0.487. The fourth-order valence-corrected chi connectivity index (χ4v) is 1.29. The Hall–Kier alpha value is -1.03. The highest BCUT2D eigenvalue weighted by molar-refractivity contribution is 7.80. The van der Waals surface area contributed by atoms with Crippen molar-refractivity contribution in [2.75, 3.05) is 6.61 Å². The maximum Gasteiger partial charge on any atom is 0.339 e. The third-order valence-electron chi connectivity index (χ3n) is 1.91. The highest BCUT2D eigenvalue weighted by Gasteiger charge is 2.11. The number of halogens is 1. The topological polar surface area (TPSA) is 26.3 Å². The predicted octanol–water partition coefficient (Wildman–Crippen LogP) is 3.07. The van der Waals surface area contributed by atoms with Gasteiger partial charge < -0.3 is 4.74 Å². The minimum atomic E-state index is -0.520. The van der Waals surface area contributed by atoms with Gasteiger partial charge in [0.2, 0.25) is 0 Å². The van der Waals surface area contributed by atoms with E-state index >= 15 is 0 Å². The third kappa shape index (κ3) is 3.55. The van der Waals surface area contributed by atoms with Crippen molar-refractivity contribution in [2.45, 2.75) is 24.7 Å². The number of unbranched alkanes of at least 4 members (excludes halogenated alkanes) is 1. The average molecular weight is 228 g/mol. The summed E-state index contributed by atoms with van der Waals surface area (Å²) in [5.74, 6) is -0.983. The lowest BCUT2D eigenvalue weighted by atomic mass is 10.2. The molecular formula is C11H13FO2S. The fraction of sp³-hybridized carbons (Fsp3) is 0.364. The number of thiol groups is 1. The van der Waals surface area contributed by atoms with Gasteiger partial charge in [-0.3, -0.25) is 0 Å². The summed E-state index contributed by atoms with van der Waals surface area (Å²) in [4.78, 5) is 11.9. The molecule has 1 rings (SSSR count). The Morgan fingerprint density at radius 3 is 2.93 bits per heavy atom. The molecule has 0 heterocycles. The van der Waals surface area contributed by atoms with E-state index in [1.165, 1.54) is 12.1 Å². The van der Waals surface area contributed by atoms with Gasteiger partial charge >= 0.3 is 5.97 Å². The van der Waals surface area contributed by atoms with Crippen molar-refractivity contribution in [1.29, 1.82) is 0 Å². The normalized spacial score (nSPS) is 10.1. The van der Waals surface area contributed by atoms with Crippen LogP contribution in [0.2, 0.25) is 0 Å². The first-order valence-electron chi connectivity index (χ1n) is 4.80. The Bertz CT molecular complexity index is 352. The Morgan fingerprint density at radius 1 is 1.53 bits per heavy atom. The maximum atomic E-state index is 12.9. The molecule has 0 aliphatic carbocycles. The lowest BCUT2D eigenvalue weighted by Crippen LogP contribution is -2.07. The molecule has 0 atom stereocenters. The highest BCUT2D eigenvalue weighted by Crippen LogP contribution is 2.16. The van der Waals surface area contributed by atoms with Crippen LogP contribution in [0.5, 0.6) is 0 Å². The summed E-state index contributed by atoms with van der Waals surface area (Å²) in [6.45, 7) is 2.36. The van der Waals surface area contributed by atoms with E-state index in [1.807, 2.05) is 6.92 Å². The van der Waals surface area contributed by atoms with Crippen molar-refractivity contribution >= 4 is 18.6 Å². The number of rotatable bonds is 4. The molecule has 82 valence electrons. The first-order valence-corrected chi connectivity index (χ1v) is 5.25. The molecule has 0 fully saturated rings. The van der Waals surface area contributed by atoms with Crippen molar-refractivity contribution in [1.82, 2.24) is 0 Å². The van der Waals surface area contributed by atoms with E-state index in [-0.39, 0.29) is 5.56 Å². The molecule has 0 bridgehead atoms. The number of carbonyl (C=O) groups is 1. The van der Waals surface area contributed by atoms with Crippen LogP contribution in [0.1, 0.15) is 30.1 Å². The summed E-state index contributed by atoms with van der Waals surface area (Å²) >= 11 is 4.06. The van der Waals surface area contributed by atoms with Crippen LogP contribution in [0.25, 0.3) is 0 Å². The van der Waals surface area contributed by atoms with Crippen LogP contribution in [0, 0.1) is 5.82 Å². The molecule has 15 heavy (non-hydrogen) atoms. The molecule has 1 aromatic rings. The molecule has 0 saturated carbocycles. The van der Waals surface area contributed by atoms with Crippen LogP contribution in [0.15, 0.2) is 23.1 Å². The SMILES string of the molecule is CCCCOC(=O)c1cc(F)ccc1S. The van der Waals surface area contributed by atoms with Crippen molar-refractivity contribution < 1.29 is 13.9 Å². The Labute approximate surface area is 93.9 Å². The first kappa shape index (κ1) is 12.0. The molecule has 1 aromatic carbocycles. The predicted molar refractivity (Wildman–Crippen MR) is 58.8 cm³/mol. The monoisotopic (exact) mass is 228 g/mol. The van der Waals surface area contributed by atoms with Gasteiger partial charge in [-0.25, -0.2) is 9.18 Å². The minimum Gasteiger partial charge on any atom is -0.462 e. The zero-order chi connectivity index (χ0) is 11.3. The van der Waals surface area contributed by atoms with Gasteiger partial charge in [0.05, 0.1) is 12.2 Å². The van der Waals surface area contributed by atoms with E-state index in [4.69, 9.17) is 4.74 Å². The van der Waals surface area contributed by atoms with Gasteiger partial charge in [0, 0.05) is 4.90 Å². The molecule has 0 aliphatic heterocycles. The van der Waals surface area contributed by atoms with Gasteiger partial charge in [-0.1, -0.05) is 13.3 Å². The largest absolute Gasteiger partial charge is 0.462 e. The van der Waals surface area contributed by atoms with Crippen LogP contribution in [0.4, 0.5) is 4.39 Å². The highest BCUT2D eigenvalue weighted by atomic mass is 32.1. The number of hydrogen-bond donors (Lipinski definition) is 1. The number of carbonyl (C=O) groups excluding carboxylic acids is 1. The minimum absolute atomic E-state index is 0.175. The van der Waals surface area contributed by atoms with Crippen molar-refractivity contribution in [2.24, 2.45) is 0 Å². The molecule has 4 heteroatoms. The maximum absolute atomic E-state index is 12.9. The van der Waals surface area contributed by atoms with E-state index in [1.54, 1.807) is 0 Å². The zero-order valence-corrected chi connectivity index (χ0v) is 9.39. The van der Waals surface area contributed by atoms with E-state index in [0.29, 0.717) is 11.5 Å². The summed E-state index contributed by atoms with van der Waals surface area (Å²) in [6.07, 6.45) is 1.76. The molecule has 0 N–H and O–H groups in total. The Morgan fingerprint density at radius 2 is 2.27 bits per heavy atom. The first-order chi connectivity index (χ1) is 7.15. The Balaban J connectivity index is 2.68. The number of esters is 1. The Kier molecular flexibility index (Phi) is 4.62.